The minimum Gasteiger partial charge on any atom is -0.481 e. The first-order chi connectivity index (χ1) is 8.09. The molecule has 1 N–H and O–H groups in total. The predicted octanol–water partition coefficient (Wildman–Crippen LogP) is 2.28. The van der Waals surface area contributed by atoms with Crippen molar-refractivity contribution in [1.29, 1.82) is 0 Å². The van der Waals surface area contributed by atoms with Crippen molar-refractivity contribution in [2.24, 2.45) is 5.92 Å². The van der Waals surface area contributed by atoms with E-state index in [0.29, 0.717) is 12.8 Å². The molecule has 1 aliphatic carbocycles. The highest BCUT2D eigenvalue weighted by Crippen LogP contribution is 2.27. The van der Waals surface area contributed by atoms with Crippen molar-refractivity contribution in [3.63, 3.8) is 0 Å². The van der Waals surface area contributed by atoms with Gasteiger partial charge < -0.3 is 10.0 Å². The molecule has 17 heavy (non-hydrogen) atoms. The fourth-order valence-electron chi connectivity index (χ4n) is 2.38. The van der Waals surface area contributed by atoms with Crippen LogP contribution in [0.5, 0.6) is 0 Å². The van der Waals surface area contributed by atoms with Crippen molar-refractivity contribution < 1.29 is 14.7 Å². The fourth-order valence-corrected chi connectivity index (χ4v) is 2.38. The van der Waals surface area contributed by atoms with Crippen LogP contribution in [0.4, 0.5) is 0 Å². The average Bonchev–Trinajstić information content (AvgIpc) is 2.78. The van der Waals surface area contributed by atoms with E-state index in [2.05, 4.69) is 0 Å². The van der Waals surface area contributed by atoms with Crippen LogP contribution in [0.2, 0.25) is 0 Å². The van der Waals surface area contributed by atoms with Crippen LogP contribution in [0.25, 0.3) is 0 Å². The zero-order valence-corrected chi connectivity index (χ0v) is 10.7. The van der Waals surface area contributed by atoms with Gasteiger partial charge in [-0.2, -0.15) is 0 Å². The maximum atomic E-state index is 11.7. The summed E-state index contributed by atoms with van der Waals surface area (Å²) in [7, 11) is 1.82. The number of hydrogen-bond donors (Lipinski definition) is 1. The van der Waals surface area contributed by atoms with Crippen LogP contribution >= 0.6 is 0 Å². The molecular weight excluding hydrogens is 218 g/mol. The second kappa shape index (κ2) is 7.30. The number of carboxylic acid groups (broad SMARTS) is 1. The summed E-state index contributed by atoms with van der Waals surface area (Å²) in [6.45, 7) is 0.816. The highest BCUT2D eigenvalue weighted by atomic mass is 16.4. The molecule has 98 valence electrons. The standard InChI is InChI=1S/C13H23NO3/c1-14(10-9-11-5-2-3-6-11)12(15)7-4-8-13(16)17/h11H,2-10H2,1H3,(H,16,17). The van der Waals surface area contributed by atoms with Gasteiger partial charge in [0.05, 0.1) is 0 Å². The largest absolute Gasteiger partial charge is 0.481 e. The van der Waals surface area contributed by atoms with Gasteiger partial charge in [0, 0.05) is 26.4 Å². The van der Waals surface area contributed by atoms with Crippen LogP contribution in [0.15, 0.2) is 0 Å². The van der Waals surface area contributed by atoms with E-state index in [1.165, 1.54) is 25.7 Å². The monoisotopic (exact) mass is 241 g/mol. The summed E-state index contributed by atoms with van der Waals surface area (Å²) in [6.07, 6.45) is 7.27. The van der Waals surface area contributed by atoms with Crippen LogP contribution in [0, 0.1) is 5.92 Å². The molecule has 0 radical (unpaired) electrons. The minimum atomic E-state index is -0.827. The average molecular weight is 241 g/mol. The number of carbonyl (C=O) groups is 2. The van der Waals surface area contributed by atoms with Gasteiger partial charge >= 0.3 is 5.97 Å². The van der Waals surface area contributed by atoms with E-state index in [4.69, 9.17) is 5.11 Å². The van der Waals surface area contributed by atoms with Crippen molar-refractivity contribution in [2.45, 2.75) is 51.4 Å². The van der Waals surface area contributed by atoms with Gasteiger partial charge in [-0.05, 0) is 18.8 Å². The molecule has 4 nitrogen and oxygen atoms in total. The third-order valence-electron chi connectivity index (χ3n) is 3.55. The topological polar surface area (TPSA) is 57.6 Å². The van der Waals surface area contributed by atoms with Crippen molar-refractivity contribution in [2.75, 3.05) is 13.6 Å². The van der Waals surface area contributed by atoms with Crippen molar-refractivity contribution >= 4 is 11.9 Å². The molecule has 0 atom stereocenters. The fraction of sp³-hybridized carbons (Fsp3) is 0.846. The summed E-state index contributed by atoms with van der Waals surface area (Å²) in [5.41, 5.74) is 0. The number of amides is 1. The smallest absolute Gasteiger partial charge is 0.303 e. The number of carboxylic acids is 1. The SMILES string of the molecule is CN(CCC1CCCC1)C(=O)CCCC(=O)O. The van der Waals surface area contributed by atoms with Gasteiger partial charge in [0.25, 0.3) is 0 Å². The number of rotatable bonds is 7. The molecule has 0 saturated heterocycles. The molecule has 0 bridgehead atoms. The third kappa shape index (κ3) is 5.71. The van der Waals surface area contributed by atoms with Crippen molar-refractivity contribution in [3.8, 4) is 0 Å². The molecule has 1 amide bonds. The van der Waals surface area contributed by atoms with Gasteiger partial charge in [-0.15, -0.1) is 0 Å². The lowest BCUT2D eigenvalue weighted by Crippen LogP contribution is -2.28. The van der Waals surface area contributed by atoms with Crippen molar-refractivity contribution in [1.82, 2.24) is 4.90 Å². The lowest BCUT2D eigenvalue weighted by atomic mass is 10.0. The Balaban J connectivity index is 2.10. The van der Waals surface area contributed by atoms with E-state index >= 15 is 0 Å². The Kier molecular flexibility index (Phi) is 6.01. The third-order valence-corrected chi connectivity index (χ3v) is 3.55. The second-order valence-electron chi connectivity index (χ2n) is 5.00. The van der Waals surface area contributed by atoms with E-state index in [0.717, 1.165) is 18.9 Å². The molecule has 1 saturated carbocycles. The first-order valence-corrected chi connectivity index (χ1v) is 6.55. The van der Waals surface area contributed by atoms with Crippen LogP contribution in [0.3, 0.4) is 0 Å². The molecule has 0 unspecified atom stereocenters. The van der Waals surface area contributed by atoms with E-state index in [9.17, 15) is 9.59 Å². The molecule has 1 rings (SSSR count). The molecular formula is C13H23NO3. The molecule has 4 heteroatoms. The maximum Gasteiger partial charge on any atom is 0.303 e. The zero-order valence-electron chi connectivity index (χ0n) is 10.7. The number of carbonyl (C=O) groups excluding carboxylic acids is 1. The minimum absolute atomic E-state index is 0.0734. The van der Waals surface area contributed by atoms with Crippen LogP contribution < -0.4 is 0 Å². The van der Waals surface area contributed by atoms with Crippen LogP contribution in [-0.2, 0) is 9.59 Å². The van der Waals surface area contributed by atoms with Crippen molar-refractivity contribution in [3.05, 3.63) is 0 Å². The Bertz CT molecular complexity index is 259. The normalized spacial score (nSPS) is 16.1. The highest BCUT2D eigenvalue weighted by molar-refractivity contribution is 5.76. The number of aliphatic carboxylic acids is 1. The van der Waals surface area contributed by atoms with Crippen LogP contribution in [0.1, 0.15) is 51.4 Å². The van der Waals surface area contributed by atoms with Gasteiger partial charge in [0.2, 0.25) is 5.91 Å². The summed E-state index contributed by atoms with van der Waals surface area (Å²) >= 11 is 0. The second-order valence-corrected chi connectivity index (χ2v) is 5.00. The molecule has 0 heterocycles. The lowest BCUT2D eigenvalue weighted by Gasteiger charge is -2.19. The van der Waals surface area contributed by atoms with E-state index in [-0.39, 0.29) is 12.3 Å². The summed E-state index contributed by atoms with van der Waals surface area (Å²) in [4.78, 5) is 23.7. The maximum absolute atomic E-state index is 11.7. The van der Waals surface area contributed by atoms with Gasteiger partial charge in [-0.25, -0.2) is 0 Å². The Morgan fingerprint density at radius 1 is 1.24 bits per heavy atom. The molecule has 0 aliphatic heterocycles. The summed E-state index contributed by atoms with van der Waals surface area (Å²) in [6, 6.07) is 0. The Labute approximate surface area is 103 Å². The number of nitrogens with zero attached hydrogens (tertiary/aromatic N) is 1. The number of hydrogen-bond acceptors (Lipinski definition) is 2. The molecule has 0 aromatic rings. The van der Waals surface area contributed by atoms with Crippen LogP contribution in [-0.4, -0.2) is 35.5 Å². The van der Waals surface area contributed by atoms with Gasteiger partial charge in [-0.1, -0.05) is 25.7 Å². The van der Waals surface area contributed by atoms with E-state index in [1.54, 1.807) is 4.90 Å². The van der Waals surface area contributed by atoms with E-state index in [1.807, 2.05) is 7.05 Å². The lowest BCUT2D eigenvalue weighted by molar-refractivity contribution is -0.137. The molecule has 0 aromatic carbocycles. The summed E-state index contributed by atoms with van der Waals surface area (Å²) in [5, 5.41) is 8.49. The molecule has 1 fully saturated rings. The quantitative estimate of drug-likeness (QED) is 0.744. The Morgan fingerprint density at radius 3 is 2.47 bits per heavy atom. The van der Waals surface area contributed by atoms with Gasteiger partial charge in [-0.3, -0.25) is 9.59 Å². The predicted molar refractivity (Wildman–Crippen MR) is 65.7 cm³/mol. The van der Waals surface area contributed by atoms with Gasteiger partial charge in [0.15, 0.2) is 0 Å². The first kappa shape index (κ1) is 14.0. The van der Waals surface area contributed by atoms with E-state index < -0.39 is 5.97 Å². The molecule has 0 aromatic heterocycles. The molecule has 1 aliphatic rings. The zero-order chi connectivity index (χ0) is 12.7. The Hall–Kier alpha value is -1.06. The van der Waals surface area contributed by atoms with Gasteiger partial charge in [0.1, 0.15) is 0 Å². The summed E-state index contributed by atoms with van der Waals surface area (Å²) < 4.78 is 0. The summed E-state index contributed by atoms with van der Waals surface area (Å²) in [5.74, 6) is 0.0416. The highest BCUT2D eigenvalue weighted by Gasteiger charge is 2.16. The molecule has 0 spiro atoms. The Morgan fingerprint density at radius 2 is 1.88 bits per heavy atom. The first-order valence-electron chi connectivity index (χ1n) is 6.55.